The third-order valence-electron chi connectivity index (χ3n) is 4.39. The van der Waals surface area contributed by atoms with Crippen LogP contribution in [-0.4, -0.2) is 36.7 Å². The van der Waals surface area contributed by atoms with Gasteiger partial charge in [0.05, 0.1) is 0 Å². The Morgan fingerprint density at radius 2 is 1.71 bits per heavy atom. The van der Waals surface area contributed by atoms with E-state index in [2.05, 4.69) is 30.9 Å². The molecule has 128 valence electrons. The van der Waals surface area contributed by atoms with Gasteiger partial charge in [0.25, 0.3) is 0 Å². The average Bonchev–Trinajstić information content (AvgIpc) is 2.93. The molecule has 0 radical (unpaired) electrons. The maximum Gasteiger partial charge on any atom is 0.120 e. The summed E-state index contributed by atoms with van der Waals surface area (Å²) in [5, 5.41) is 0.730. The number of hydrogen-bond donors (Lipinski definition) is 0. The first-order chi connectivity index (χ1) is 11.5. The molecule has 1 saturated heterocycles. The van der Waals surface area contributed by atoms with E-state index in [1.165, 1.54) is 5.56 Å². The van der Waals surface area contributed by atoms with Crippen molar-refractivity contribution in [1.82, 2.24) is 4.90 Å². The maximum absolute atomic E-state index is 6.18. The van der Waals surface area contributed by atoms with Crippen LogP contribution in [0.1, 0.15) is 18.9 Å². The first-order valence-corrected chi connectivity index (χ1v) is 8.77. The number of ether oxygens (including phenoxy) is 2. The first-order valence-electron chi connectivity index (χ1n) is 8.39. The number of nitrogens with zero attached hydrogens (tertiary/aromatic N) is 1. The van der Waals surface area contributed by atoms with E-state index in [1.807, 2.05) is 36.4 Å². The molecule has 2 aromatic carbocycles. The highest BCUT2D eigenvalue weighted by Gasteiger charge is 2.35. The molecule has 24 heavy (non-hydrogen) atoms. The molecule has 3 nitrogen and oxygen atoms in total. The summed E-state index contributed by atoms with van der Waals surface area (Å²) in [5.74, 6) is 1.81. The zero-order valence-corrected chi connectivity index (χ0v) is 15.1. The van der Waals surface area contributed by atoms with E-state index >= 15 is 0 Å². The fourth-order valence-corrected chi connectivity index (χ4v) is 3.14. The highest BCUT2D eigenvalue weighted by Crippen LogP contribution is 2.28. The molecule has 2 aromatic rings. The van der Waals surface area contributed by atoms with Crippen LogP contribution in [0, 0.1) is 6.92 Å². The maximum atomic E-state index is 6.18. The van der Waals surface area contributed by atoms with Crippen LogP contribution in [0.15, 0.2) is 48.5 Å². The molecular weight excluding hydrogens is 322 g/mol. The standard InChI is InChI=1S/C20H24ClNO2/c1-16-3-7-18(8-4-16)23-14-13-22-12-11-20(2,15-22)24-19-9-5-17(21)6-10-19/h3-10H,11-15H2,1-2H3. The SMILES string of the molecule is Cc1ccc(OCCN2CCC(C)(Oc3ccc(Cl)cc3)C2)cc1. The fourth-order valence-electron chi connectivity index (χ4n) is 3.01. The predicted octanol–water partition coefficient (Wildman–Crippen LogP) is 4.57. The Hall–Kier alpha value is -1.71. The summed E-state index contributed by atoms with van der Waals surface area (Å²) in [4.78, 5) is 2.39. The molecule has 0 bridgehead atoms. The Labute approximate surface area is 149 Å². The molecule has 0 spiro atoms. The molecule has 1 atom stereocenters. The van der Waals surface area contributed by atoms with Crippen LogP contribution in [0.5, 0.6) is 11.5 Å². The number of hydrogen-bond acceptors (Lipinski definition) is 3. The summed E-state index contributed by atoms with van der Waals surface area (Å²) in [5.41, 5.74) is 1.09. The Kier molecular flexibility index (Phi) is 5.32. The second-order valence-electron chi connectivity index (χ2n) is 6.69. The lowest BCUT2D eigenvalue weighted by molar-refractivity contribution is 0.0935. The van der Waals surface area contributed by atoms with Crippen molar-refractivity contribution in [2.24, 2.45) is 0 Å². The molecule has 0 saturated carbocycles. The van der Waals surface area contributed by atoms with Gasteiger partial charge in [0.2, 0.25) is 0 Å². The van der Waals surface area contributed by atoms with Gasteiger partial charge in [0.1, 0.15) is 23.7 Å². The van der Waals surface area contributed by atoms with Crippen molar-refractivity contribution in [2.75, 3.05) is 26.2 Å². The number of likely N-dealkylation sites (tertiary alicyclic amines) is 1. The molecule has 1 unspecified atom stereocenters. The van der Waals surface area contributed by atoms with Gasteiger partial charge in [-0.15, -0.1) is 0 Å². The van der Waals surface area contributed by atoms with Gasteiger partial charge in [-0.2, -0.15) is 0 Å². The van der Waals surface area contributed by atoms with E-state index in [4.69, 9.17) is 21.1 Å². The topological polar surface area (TPSA) is 21.7 Å². The highest BCUT2D eigenvalue weighted by molar-refractivity contribution is 6.30. The summed E-state index contributed by atoms with van der Waals surface area (Å²) in [6, 6.07) is 15.8. The van der Waals surface area contributed by atoms with Gasteiger partial charge >= 0.3 is 0 Å². The van der Waals surface area contributed by atoms with Crippen LogP contribution in [-0.2, 0) is 0 Å². The first kappa shape index (κ1) is 17.1. The fraction of sp³-hybridized carbons (Fsp3) is 0.400. The quantitative estimate of drug-likeness (QED) is 0.765. The van der Waals surface area contributed by atoms with Crippen molar-refractivity contribution in [3.05, 3.63) is 59.1 Å². The van der Waals surface area contributed by atoms with Crippen molar-refractivity contribution in [3.63, 3.8) is 0 Å². The summed E-state index contributed by atoms with van der Waals surface area (Å²) in [6.07, 6.45) is 1.01. The zero-order chi connectivity index (χ0) is 17.0. The summed E-state index contributed by atoms with van der Waals surface area (Å²) < 4.78 is 12.0. The molecule has 1 heterocycles. The van der Waals surface area contributed by atoms with E-state index < -0.39 is 0 Å². The molecule has 4 heteroatoms. The van der Waals surface area contributed by atoms with Gasteiger partial charge in [0, 0.05) is 31.1 Å². The van der Waals surface area contributed by atoms with Crippen LogP contribution in [0.4, 0.5) is 0 Å². The second-order valence-corrected chi connectivity index (χ2v) is 7.13. The third-order valence-corrected chi connectivity index (χ3v) is 4.64. The number of benzene rings is 2. The summed E-state index contributed by atoms with van der Waals surface area (Å²) in [6.45, 7) is 7.79. The summed E-state index contributed by atoms with van der Waals surface area (Å²) in [7, 11) is 0. The smallest absolute Gasteiger partial charge is 0.120 e. The second kappa shape index (κ2) is 7.45. The number of halogens is 1. The molecule has 0 amide bonds. The Balaban J connectivity index is 1.46. The van der Waals surface area contributed by atoms with Crippen LogP contribution in [0.25, 0.3) is 0 Å². The Morgan fingerprint density at radius 3 is 2.42 bits per heavy atom. The van der Waals surface area contributed by atoms with Crippen molar-refractivity contribution in [1.29, 1.82) is 0 Å². The normalized spacial score (nSPS) is 21.0. The zero-order valence-electron chi connectivity index (χ0n) is 14.3. The van der Waals surface area contributed by atoms with Crippen LogP contribution in [0.3, 0.4) is 0 Å². The van der Waals surface area contributed by atoms with E-state index in [0.29, 0.717) is 6.61 Å². The Morgan fingerprint density at radius 1 is 1.04 bits per heavy atom. The molecule has 1 aliphatic heterocycles. The minimum atomic E-state index is -0.155. The van der Waals surface area contributed by atoms with Crippen molar-refractivity contribution in [3.8, 4) is 11.5 Å². The van der Waals surface area contributed by atoms with Gasteiger partial charge < -0.3 is 9.47 Å². The van der Waals surface area contributed by atoms with Crippen molar-refractivity contribution >= 4 is 11.6 Å². The number of rotatable bonds is 6. The minimum Gasteiger partial charge on any atom is -0.492 e. The third kappa shape index (κ3) is 4.65. The van der Waals surface area contributed by atoms with Gasteiger partial charge in [-0.05, 0) is 50.2 Å². The predicted molar refractivity (Wildman–Crippen MR) is 98.2 cm³/mol. The van der Waals surface area contributed by atoms with E-state index in [1.54, 1.807) is 0 Å². The summed E-state index contributed by atoms with van der Waals surface area (Å²) >= 11 is 5.92. The molecule has 0 N–H and O–H groups in total. The molecular formula is C20H24ClNO2. The Bertz CT molecular complexity index is 656. The van der Waals surface area contributed by atoms with Gasteiger partial charge in [-0.3, -0.25) is 4.90 Å². The van der Waals surface area contributed by atoms with Crippen molar-refractivity contribution < 1.29 is 9.47 Å². The highest BCUT2D eigenvalue weighted by atomic mass is 35.5. The molecule has 0 aromatic heterocycles. The van der Waals surface area contributed by atoms with E-state index in [-0.39, 0.29) is 5.60 Å². The monoisotopic (exact) mass is 345 g/mol. The van der Waals surface area contributed by atoms with Gasteiger partial charge in [-0.25, -0.2) is 0 Å². The lowest BCUT2D eigenvalue weighted by atomic mass is 10.1. The molecule has 0 aliphatic carbocycles. The van der Waals surface area contributed by atoms with Crippen molar-refractivity contribution in [2.45, 2.75) is 25.9 Å². The average molecular weight is 346 g/mol. The lowest BCUT2D eigenvalue weighted by Gasteiger charge is -2.26. The molecule has 1 aliphatic rings. The van der Waals surface area contributed by atoms with E-state index in [0.717, 1.165) is 42.6 Å². The van der Waals surface area contributed by atoms with Crippen LogP contribution in [0.2, 0.25) is 5.02 Å². The number of aryl methyl sites for hydroxylation is 1. The van der Waals surface area contributed by atoms with Gasteiger partial charge in [-0.1, -0.05) is 29.3 Å². The largest absolute Gasteiger partial charge is 0.492 e. The minimum absolute atomic E-state index is 0.155. The van der Waals surface area contributed by atoms with E-state index in [9.17, 15) is 0 Å². The lowest BCUT2D eigenvalue weighted by Crippen LogP contribution is -2.37. The van der Waals surface area contributed by atoms with Crippen LogP contribution >= 0.6 is 11.6 Å². The van der Waals surface area contributed by atoms with Crippen LogP contribution < -0.4 is 9.47 Å². The molecule has 3 rings (SSSR count). The van der Waals surface area contributed by atoms with Gasteiger partial charge in [0.15, 0.2) is 0 Å². The molecule has 1 fully saturated rings.